The van der Waals surface area contributed by atoms with Crippen molar-refractivity contribution in [3.05, 3.63) is 81.5 Å². The van der Waals surface area contributed by atoms with Crippen LogP contribution in [0.1, 0.15) is 33.2 Å². The van der Waals surface area contributed by atoms with Crippen LogP contribution in [-0.4, -0.2) is 45.3 Å². The Morgan fingerprint density at radius 1 is 1.14 bits per heavy atom. The van der Waals surface area contributed by atoms with Gasteiger partial charge in [-0.2, -0.15) is 9.78 Å². The third kappa shape index (κ3) is 4.38. The van der Waals surface area contributed by atoms with E-state index >= 15 is 0 Å². The zero-order valence-corrected chi connectivity index (χ0v) is 19.1. The number of nitro benzene ring substituents is 1. The fraction of sp³-hybridized carbons (Fsp3) is 0.167. The number of nitrogens with zero attached hydrogens (tertiary/aromatic N) is 4. The molecular weight excluding hydrogens is 454 g/mol. The van der Waals surface area contributed by atoms with Gasteiger partial charge in [-0.25, -0.2) is 9.78 Å². The number of pyridine rings is 1. The lowest BCUT2D eigenvalue weighted by atomic mass is 10.1. The predicted molar refractivity (Wildman–Crippen MR) is 127 cm³/mol. The second-order valence-corrected chi connectivity index (χ2v) is 7.42. The highest BCUT2D eigenvalue weighted by Gasteiger charge is 2.26. The molecule has 0 fully saturated rings. The molecule has 0 saturated heterocycles. The molecule has 4 aromatic rings. The molecule has 2 heterocycles. The monoisotopic (exact) mass is 475 g/mol. The van der Waals surface area contributed by atoms with E-state index in [1.54, 1.807) is 19.1 Å². The Balaban J connectivity index is 1.87. The molecule has 0 aliphatic rings. The topological polar surface area (TPSA) is 138 Å². The van der Waals surface area contributed by atoms with E-state index in [0.29, 0.717) is 17.1 Å². The number of ether oxygens (including phenoxy) is 2. The molecule has 0 spiro atoms. The van der Waals surface area contributed by atoms with Gasteiger partial charge in [0, 0.05) is 11.5 Å². The summed E-state index contributed by atoms with van der Waals surface area (Å²) in [6, 6.07) is 12.8. The first-order valence-corrected chi connectivity index (χ1v) is 10.6. The van der Waals surface area contributed by atoms with Gasteiger partial charge < -0.3 is 14.8 Å². The molecule has 0 radical (unpaired) electrons. The Morgan fingerprint density at radius 3 is 2.63 bits per heavy atom. The SMILES string of the molecule is CCOC(=O)c1cnn(-c2cc(C)c3cccc(OC)c3n2)c1NC(=O)c1ccccc1[N+](=O)[O-]. The number of nitrogens with one attached hydrogen (secondary N) is 1. The number of methoxy groups -OCH3 is 1. The van der Waals surface area contributed by atoms with E-state index in [-0.39, 0.29) is 29.2 Å². The van der Waals surface area contributed by atoms with Gasteiger partial charge in [-0.05, 0) is 37.6 Å². The van der Waals surface area contributed by atoms with Crippen LogP contribution in [0.15, 0.2) is 54.7 Å². The Bertz CT molecular complexity index is 1460. The fourth-order valence-electron chi connectivity index (χ4n) is 3.65. The summed E-state index contributed by atoms with van der Waals surface area (Å²) in [6.07, 6.45) is 1.25. The number of fused-ring (bicyclic) bond motifs is 1. The summed E-state index contributed by atoms with van der Waals surface area (Å²) in [6.45, 7) is 3.63. The number of esters is 1. The zero-order valence-electron chi connectivity index (χ0n) is 19.1. The third-order valence-electron chi connectivity index (χ3n) is 5.27. The number of nitro groups is 1. The second kappa shape index (κ2) is 9.59. The van der Waals surface area contributed by atoms with Crippen molar-refractivity contribution in [1.82, 2.24) is 14.8 Å². The maximum Gasteiger partial charge on any atom is 0.343 e. The van der Waals surface area contributed by atoms with Crippen molar-refractivity contribution in [3.63, 3.8) is 0 Å². The van der Waals surface area contributed by atoms with Gasteiger partial charge in [-0.1, -0.05) is 24.3 Å². The number of rotatable bonds is 7. The number of benzene rings is 2. The third-order valence-corrected chi connectivity index (χ3v) is 5.27. The molecule has 0 unspecified atom stereocenters. The summed E-state index contributed by atoms with van der Waals surface area (Å²) >= 11 is 0. The lowest BCUT2D eigenvalue weighted by Gasteiger charge is -2.13. The van der Waals surface area contributed by atoms with E-state index in [9.17, 15) is 19.7 Å². The lowest BCUT2D eigenvalue weighted by molar-refractivity contribution is -0.385. The summed E-state index contributed by atoms with van der Waals surface area (Å²) in [5.41, 5.74) is 0.836. The standard InChI is InChI=1S/C24H21N5O6/c1-4-35-24(31)17-13-25-28(20-12-14(2)15-9-7-11-19(34-3)21(15)26-20)22(17)27-23(30)16-8-5-6-10-18(16)29(32)33/h5-13H,4H2,1-3H3,(H,27,30). The molecular formula is C24H21N5O6. The Hall–Kier alpha value is -4.80. The lowest BCUT2D eigenvalue weighted by Crippen LogP contribution is -2.19. The van der Waals surface area contributed by atoms with Gasteiger partial charge in [0.15, 0.2) is 11.6 Å². The van der Waals surface area contributed by atoms with Crippen molar-refractivity contribution < 1.29 is 24.0 Å². The van der Waals surface area contributed by atoms with Crippen LogP contribution in [0.2, 0.25) is 0 Å². The van der Waals surface area contributed by atoms with Gasteiger partial charge in [-0.15, -0.1) is 0 Å². The summed E-state index contributed by atoms with van der Waals surface area (Å²) in [5.74, 6) is -0.706. The smallest absolute Gasteiger partial charge is 0.343 e. The van der Waals surface area contributed by atoms with Gasteiger partial charge in [0.1, 0.15) is 22.4 Å². The van der Waals surface area contributed by atoms with E-state index < -0.39 is 16.8 Å². The number of aromatic nitrogens is 3. The summed E-state index contributed by atoms with van der Waals surface area (Å²) in [4.78, 5) is 41.1. The molecule has 1 amide bonds. The summed E-state index contributed by atoms with van der Waals surface area (Å²) in [7, 11) is 1.53. The van der Waals surface area contributed by atoms with Crippen LogP contribution in [0.4, 0.5) is 11.5 Å². The Morgan fingerprint density at radius 2 is 1.91 bits per heavy atom. The number of hydrogen-bond acceptors (Lipinski definition) is 8. The number of aryl methyl sites for hydroxylation is 1. The first-order valence-electron chi connectivity index (χ1n) is 10.6. The molecule has 0 aliphatic carbocycles. The van der Waals surface area contributed by atoms with Crippen molar-refractivity contribution in [2.75, 3.05) is 19.0 Å². The minimum atomic E-state index is -0.792. The molecule has 11 nitrogen and oxygen atoms in total. The van der Waals surface area contributed by atoms with Crippen molar-refractivity contribution in [3.8, 4) is 11.6 Å². The molecule has 1 N–H and O–H groups in total. The second-order valence-electron chi connectivity index (χ2n) is 7.42. The first kappa shape index (κ1) is 23.4. The molecule has 4 rings (SSSR count). The Labute approximate surface area is 199 Å². The number of anilines is 1. The highest BCUT2D eigenvalue weighted by molar-refractivity contribution is 6.09. The maximum atomic E-state index is 13.1. The van der Waals surface area contributed by atoms with Crippen LogP contribution >= 0.6 is 0 Å². The van der Waals surface area contributed by atoms with Crippen molar-refractivity contribution in [1.29, 1.82) is 0 Å². The number of carbonyl (C=O) groups is 2. The number of amides is 1. The van der Waals surface area contributed by atoms with E-state index in [0.717, 1.165) is 10.9 Å². The van der Waals surface area contributed by atoms with Gasteiger partial charge in [0.25, 0.3) is 11.6 Å². The number of para-hydroxylation sites is 2. The van der Waals surface area contributed by atoms with E-state index in [1.807, 2.05) is 19.1 Å². The van der Waals surface area contributed by atoms with Crippen LogP contribution in [0.5, 0.6) is 5.75 Å². The molecule has 35 heavy (non-hydrogen) atoms. The van der Waals surface area contributed by atoms with Crippen molar-refractivity contribution in [2.24, 2.45) is 0 Å². The van der Waals surface area contributed by atoms with Crippen molar-refractivity contribution >= 4 is 34.3 Å². The molecule has 11 heteroatoms. The van der Waals surface area contributed by atoms with Crippen LogP contribution in [0.3, 0.4) is 0 Å². The summed E-state index contributed by atoms with van der Waals surface area (Å²) in [5, 5.41) is 19.1. The van der Waals surface area contributed by atoms with Gasteiger partial charge in [0.2, 0.25) is 0 Å². The van der Waals surface area contributed by atoms with Gasteiger partial charge in [0.05, 0.1) is 24.8 Å². The molecule has 0 atom stereocenters. The minimum Gasteiger partial charge on any atom is -0.494 e. The largest absolute Gasteiger partial charge is 0.494 e. The van der Waals surface area contributed by atoms with Gasteiger partial charge in [-0.3, -0.25) is 14.9 Å². The summed E-state index contributed by atoms with van der Waals surface area (Å²) < 4.78 is 11.8. The van der Waals surface area contributed by atoms with E-state index in [4.69, 9.17) is 9.47 Å². The molecule has 0 bridgehead atoms. The van der Waals surface area contributed by atoms with E-state index in [2.05, 4.69) is 15.4 Å². The highest BCUT2D eigenvalue weighted by atomic mass is 16.6. The quantitative estimate of drug-likeness (QED) is 0.240. The van der Waals surface area contributed by atoms with Crippen LogP contribution in [-0.2, 0) is 4.74 Å². The average molecular weight is 475 g/mol. The molecule has 2 aromatic heterocycles. The molecule has 0 saturated carbocycles. The van der Waals surface area contributed by atoms with Crippen LogP contribution in [0, 0.1) is 17.0 Å². The minimum absolute atomic E-state index is 0.0293. The average Bonchev–Trinajstić information content (AvgIpc) is 3.27. The van der Waals surface area contributed by atoms with E-state index in [1.165, 1.54) is 42.3 Å². The van der Waals surface area contributed by atoms with Gasteiger partial charge >= 0.3 is 5.97 Å². The van der Waals surface area contributed by atoms with Crippen molar-refractivity contribution in [2.45, 2.75) is 13.8 Å². The Kier molecular flexibility index (Phi) is 6.40. The molecule has 2 aromatic carbocycles. The van der Waals surface area contributed by atoms with Crippen LogP contribution in [0.25, 0.3) is 16.7 Å². The fourth-order valence-corrected chi connectivity index (χ4v) is 3.65. The first-order chi connectivity index (χ1) is 16.8. The molecule has 0 aliphatic heterocycles. The zero-order chi connectivity index (χ0) is 25.1. The van der Waals surface area contributed by atoms with Crippen LogP contribution < -0.4 is 10.1 Å². The normalized spacial score (nSPS) is 10.7. The maximum absolute atomic E-state index is 13.1. The number of hydrogen-bond donors (Lipinski definition) is 1. The number of carbonyl (C=O) groups excluding carboxylic acids is 2. The highest BCUT2D eigenvalue weighted by Crippen LogP contribution is 2.30. The predicted octanol–water partition coefficient (Wildman–Crippen LogP) is 4.07. The molecule has 178 valence electrons.